The van der Waals surface area contributed by atoms with Crippen LogP contribution in [0.3, 0.4) is 0 Å². The quantitative estimate of drug-likeness (QED) is 0.761. The average molecular weight is 245 g/mol. The molecule has 0 bridgehead atoms. The number of para-hydroxylation sites is 2. The van der Waals surface area contributed by atoms with Gasteiger partial charge in [-0.2, -0.15) is 17.0 Å². The maximum atomic E-state index is 8.83. The number of aromatic nitrogens is 2. The summed E-state index contributed by atoms with van der Waals surface area (Å²) >= 11 is 1.85. The van der Waals surface area contributed by atoms with Crippen molar-refractivity contribution in [1.82, 2.24) is 9.55 Å². The minimum Gasteiger partial charge on any atom is -0.327 e. The molecule has 2 aromatic rings. The highest BCUT2D eigenvalue weighted by Gasteiger charge is 2.09. The highest BCUT2D eigenvalue weighted by molar-refractivity contribution is 7.98. The fraction of sp³-hybridized carbons (Fsp3) is 0.385. The Morgan fingerprint density at radius 1 is 1.41 bits per heavy atom. The van der Waals surface area contributed by atoms with E-state index in [9.17, 15) is 0 Å². The van der Waals surface area contributed by atoms with E-state index in [0.717, 1.165) is 35.6 Å². The molecule has 0 radical (unpaired) electrons. The Labute approximate surface area is 105 Å². The van der Waals surface area contributed by atoms with Crippen LogP contribution in [0, 0.1) is 11.3 Å². The van der Waals surface area contributed by atoms with E-state index >= 15 is 0 Å². The molecule has 0 aliphatic rings. The Bertz CT molecular complexity index is 539. The maximum Gasteiger partial charge on any atom is 0.124 e. The molecule has 0 aliphatic heterocycles. The van der Waals surface area contributed by atoms with Crippen LogP contribution in [-0.2, 0) is 13.0 Å². The largest absolute Gasteiger partial charge is 0.327 e. The van der Waals surface area contributed by atoms with Gasteiger partial charge < -0.3 is 4.57 Å². The molecule has 0 fully saturated rings. The Balaban J connectivity index is 2.34. The molecule has 1 heterocycles. The van der Waals surface area contributed by atoms with Crippen molar-refractivity contribution in [1.29, 1.82) is 5.26 Å². The summed E-state index contributed by atoms with van der Waals surface area (Å²) in [6, 6.07) is 10.3. The second kappa shape index (κ2) is 5.74. The molecule has 1 aromatic heterocycles. The normalized spacial score (nSPS) is 10.6. The van der Waals surface area contributed by atoms with Crippen LogP contribution < -0.4 is 0 Å². The van der Waals surface area contributed by atoms with E-state index < -0.39 is 0 Å². The average Bonchev–Trinajstić information content (AvgIpc) is 2.69. The lowest BCUT2D eigenvalue weighted by Crippen LogP contribution is -2.04. The number of fused-ring (bicyclic) bond motifs is 1. The van der Waals surface area contributed by atoms with Crippen LogP contribution in [0.25, 0.3) is 11.0 Å². The maximum absolute atomic E-state index is 8.83. The highest BCUT2D eigenvalue weighted by Crippen LogP contribution is 2.17. The van der Waals surface area contributed by atoms with Crippen molar-refractivity contribution in [3.63, 3.8) is 0 Å². The van der Waals surface area contributed by atoms with Gasteiger partial charge in [0.1, 0.15) is 5.82 Å². The second-order valence-corrected chi connectivity index (χ2v) is 4.84. The topological polar surface area (TPSA) is 41.6 Å². The molecule has 0 N–H and O–H groups in total. The Hall–Kier alpha value is -1.47. The zero-order chi connectivity index (χ0) is 12.1. The predicted octanol–water partition coefficient (Wildman–Crippen LogP) is 2.86. The second-order valence-electron chi connectivity index (χ2n) is 3.85. The van der Waals surface area contributed by atoms with Crippen LogP contribution in [0.4, 0.5) is 0 Å². The van der Waals surface area contributed by atoms with Gasteiger partial charge in [-0.3, -0.25) is 0 Å². The standard InChI is InChI=1S/C13H15N3S/c1-17-10-4-9-16-12-6-3-2-5-11(12)15-13(16)7-8-14/h2-3,5-6H,4,7,9-10H2,1H3. The fourth-order valence-corrected chi connectivity index (χ4v) is 2.37. The van der Waals surface area contributed by atoms with Gasteiger partial charge in [-0.05, 0) is 30.6 Å². The predicted molar refractivity (Wildman–Crippen MR) is 72.0 cm³/mol. The summed E-state index contributed by atoms with van der Waals surface area (Å²) in [4.78, 5) is 4.51. The molecule has 0 aliphatic carbocycles. The lowest BCUT2D eigenvalue weighted by Gasteiger charge is -2.06. The molecular formula is C13H15N3S. The third kappa shape index (κ3) is 2.62. The lowest BCUT2D eigenvalue weighted by atomic mass is 10.3. The number of rotatable bonds is 5. The first-order valence-electron chi connectivity index (χ1n) is 5.67. The van der Waals surface area contributed by atoms with Crippen molar-refractivity contribution in [2.24, 2.45) is 0 Å². The molecule has 4 heteroatoms. The molecular weight excluding hydrogens is 230 g/mol. The summed E-state index contributed by atoms with van der Waals surface area (Å²) in [5.74, 6) is 2.02. The first-order chi connectivity index (χ1) is 8.36. The minimum absolute atomic E-state index is 0.383. The van der Waals surface area contributed by atoms with Gasteiger partial charge in [0.05, 0.1) is 23.5 Å². The highest BCUT2D eigenvalue weighted by atomic mass is 32.2. The Morgan fingerprint density at radius 3 is 3.00 bits per heavy atom. The smallest absolute Gasteiger partial charge is 0.124 e. The van der Waals surface area contributed by atoms with Gasteiger partial charge in [-0.15, -0.1) is 0 Å². The third-order valence-electron chi connectivity index (χ3n) is 2.70. The summed E-state index contributed by atoms with van der Waals surface area (Å²) < 4.78 is 2.18. The van der Waals surface area contributed by atoms with E-state index in [2.05, 4.69) is 27.9 Å². The van der Waals surface area contributed by atoms with Gasteiger partial charge >= 0.3 is 0 Å². The van der Waals surface area contributed by atoms with Crippen molar-refractivity contribution in [2.75, 3.05) is 12.0 Å². The number of thioether (sulfide) groups is 1. The number of hydrogen-bond acceptors (Lipinski definition) is 3. The third-order valence-corrected chi connectivity index (χ3v) is 3.40. The zero-order valence-corrected chi connectivity index (χ0v) is 10.7. The van der Waals surface area contributed by atoms with Gasteiger partial charge in [-0.25, -0.2) is 4.98 Å². The number of nitrogens with zero attached hydrogens (tertiary/aromatic N) is 3. The van der Waals surface area contributed by atoms with Crippen molar-refractivity contribution in [2.45, 2.75) is 19.4 Å². The molecule has 88 valence electrons. The van der Waals surface area contributed by atoms with Crippen molar-refractivity contribution in [3.8, 4) is 6.07 Å². The van der Waals surface area contributed by atoms with E-state index in [1.165, 1.54) is 0 Å². The van der Waals surface area contributed by atoms with Gasteiger partial charge in [-0.1, -0.05) is 12.1 Å². The number of aryl methyl sites for hydroxylation is 1. The van der Waals surface area contributed by atoms with Crippen LogP contribution in [0.5, 0.6) is 0 Å². The van der Waals surface area contributed by atoms with Gasteiger partial charge in [0.2, 0.25) is 0 Å². The number of nitriles is 1. The van der Waals surface area contributed by atoms with Crippen molar-refractivity contribution in [3.05, 3.63) is 30.1 Å². The van der Waals surface area contributed by atoms with Crippen LogP contribution in [-0.4, -0.2) is 21.6 Å². The molecule has 0 amide bonds. The van der Waals surface area contributed by atoms with Crippen molar-refractivity contribution >= 4 is 22.8 Å². The molecule has 0 atom stereocenters. The summed E-state index contributed by atoms with van der Waals surface area (Å²) in [7, 11) is 0. The van der Waals surface area contributed by atoms with E-state index in [-0.39, 0.29) is 0 Å². The number of imidazole rings is 1. The first kappa shape index (κ1) is 12.0. The molecule has 0 saturated heterocycles. The van der Waals surface area contributed by atoms with Crippen molar-refractivity contribution < 1.29 is 0 Å². The first-order valence-corrected chi connectivity index (χ1v) is 7.06. The van der Waals surface area contributed by atoms with Gasteiger partial charge in [0.25, 0.3) is 0 Å². The lowest BCUT2D eigenvalue weighted by molar-refractivity contribution is 0.672. The Kier molecular flexibility index (Phi) is 4.05. The van der Waals surface area contributed by atoms with Crippen LogP contribution >= 0.6 is 11.8 Å². The summed E-state index contributed by atoms with van der Waals surface area (Å²) in [5.41, 5.74) is 2.13. The van der Waals surface area contributed by atoms with Gasteiger partial charge in [0, 0.05) is 6.54 Å². The van der Waals surface area contributed by atoms with E-state index in [0.29, 0.717) is 6.42 Å². The van der Waals surface area contributed by atoms with E-state index in [1.807, 2.05) is 30.0 Å². The van der Waals surface area contributed by atoms with Crippen LogP contribution in [0.2, 0.25) is 0 Å². The van der Waals surface area contributed by atoms with E-state index in [1.54, 1.807) is 0 Å². The number of benzene rings is 1. The van der Waals surface area contributed by atoms with Crippen LogP contribution in [0.1, 0.15) is 12.2 Å². The summed E-state index contributed by atoms with van der Waals surface area (Å²) in [6.07, 6.45) is 3.61. The molecule has 0 unspecified atom stereocenters. The fourth-order valence-electron chi connectivity index (χ4n) is 1.95. The van der Waals surface area contributed by atoms with E-state index in [4.69, 9.17) is 5.26 Å². The molecule has 0 spiro atoms. The minimum atomic E-state index is 0.383. The number of hydrogen-bond donors (Lipinski definition) is 0. The molecule has 1 aromatic carbocycles. The van der Waals surface area contributed by atoms with Gasteiger partial charge in [0.15, 0.2) is 0 Å². The summed E-state index contributed by atoms with van der Waals surface area (Å²) in [5, 5.41) is 8.83. The summed E-state index contributed by atoms with van der Waals surface area (Å²) in [6.45, 7) is 0.943. The molecule has 3 nitrogen and oxygen atoms in total. The zero-order valence-electron chi connectivity index (χ0n) is 9.89. The monoisotopic (exact) mass is 245 g/mol. The van der Waals surface area contributed by atoms with Crippen LogP contribution in [0.15, 0.2) is 24.3 Å². The molecule has 17 heavy (non-hydrogen) atoms. The molecule has 0 saturated carbocycles. The SMILES string of the molecule is CSCCCn1c(CC#N)nc2ccccc21. The Morgan fingerprint density at radius 2 is 2.24 bits per heavy atom. The molecule has 2 rings (SSSR count).